The zero-order valence-electron chi connectivity index (χ0n) is 7.47. The minimum Gasteiger partial charge on any atom is -0.458 e. The summed E-state index contributed by atoms with van der Waals surface area (Å²) in [5.41, 5.74) is 0.857. The zero-order chi connectivity index (χ0) is 10.4. The highest BCUT2D eigenvalue weighted by atomic mass is 79.9. The number of hydrogen-bond acceptors (Lipinski definition) is 3. The van der Waals surface area contributed by atoms with Crippen LogP contribution in [-0.4, -0.2) is 23.0 Å². The zero-order valence-corrected chi connectivity index (χ0v) is 9.05. The molecule has 76 valence electrons. The normalized spacial score (nSPS) is 14.4. The van der Waals surface area contributed by atoms with Gasteiger partial charge in [0.15, 0.2) is 0 Å². The van der Waals surface area contributed by atoms with Crippen molar-refractivity contribution in [2.75, 3.05) is 6.61 Å². The van der Waals surface area contributed by atoms with Gasteiger partial charge >= 0.3 is 0 Å². The average molecular weight is 259 g/mol. The fraction of sp³-hybridized carbons (Fsp3) is 0.300. The van der Waals surface area contributed by atoms with Gasteiger partial charge in [-0.25, -0.2) is 0 Å². The Morgan fingerprint density at radius 3 is 2.57 bits per heavy atom. The Morgan fingerprint density at radius 2 is 2.07 bits per heavy atom. The van der Waals surface area contributed by atoms with E-state index in [2.05, 4.69) is 15.9 Å². The largest absolute Gasteiger partial charge is 0.458 e. The molecule has 1 aromatic rings. The van der Waals surface area contributed by atoms with Gasteiger partial charge in [0.2, 0.25) is 0 Å². The second kappa shape index (κ2) is 5.78. The number of benzene rings is 1. The fourth-order valence-corrected chi connectivity index (χ4v) is 1.60. The third-order valence-electron chi connectivity index (χ3n) is 1.83. The summed E-state index contributed by atoms with van der Waals surface area (Å²) in [5.74, 6) is 0. The highest BCUT2D eigenvalue weighted by molar-refractivity contribution is 9.09. The monoisotopic (exact) mass is 258 g/mol. The van der Waals surface area contributed by atoms with Gasteiger partial charge in [-0.1, -0.05) is 46.3 Å². The molecule has 0 saturated heterocycles. The topological polar surface area (TPSA) is 46.5 Å². The van der Waals surface area contributed by atoms with E-state index in [1.807, 2.05) is 30.3 Å². The second-order valence-electron chi connectivity index (χ2n) is 2.76. The SMILES string of the molecule is O=CO[C@@H](c1ccccc1)[C@H](Br)CO. The van der Waals surface area contributed by atoms with E-state index in [1.165, 1.54) is 0 Å². The molecule has 1 rings (SSSR count). The minimum absolute atomic E-state index is 0.0899. The number of alkyl halides is 1. The van der Waals surface area contributed by atoms with Crippen molar-refractivity contribution in [3.63, 3.8) is 0 Å². The standard InChI is InChI=1S/C10H11BrO3/c11-9(6-12)10(14-7-13)8-4-2-1-3-5-8/h1-5,7,9-10,12H,6H2/t9-,10+/m1/s1. The number of halogens is 1. The molecule has 0 saturated carbocycles. The number of ether oxygens (including phenoxy) is 1. The summed E-state index contributed by atoms with van der Waals surface area (Å²) in [6.45, 7) is 0.301. The molecule has 1 aromatic carbocycles. The van der Waals surface area contributed by atoms with Gasteiger partial charge < -0.3 is 9.84 Å². The molecular weight excluding hydrogens is 248 g/mol. The molecular formula is C10H11BrO3. The van der Waals surface area contributed by atoms with Crippen LogP contribution in [0.5, 0.6) is 0 Å². The second-order valence-corrected chi connectivity index (χ2v) is 3.94. The molecule has 0 aromatic heterocycles. The molecule has 3 nitrogen and oxygen atoms in total. The lowest BCUT2D eigenvalue weighted by molar-refractivity contribution is -0.134. The molecule has 0 radical (unpaired) electrons. The van der Waals surface area contributed by atoms with E-state index in [4.69, 9.17) is 9.84 Å². The van der Waals surface area contributed by atoms with Crippen LogP contribution in [0.25, 0.3) is 0 Å². The summed E-state index contributed by atoms with van der Waals surface area (Å²) < 4.78 is 4.89. The maximum atomic E-state index is 10.3. The molecule has 0 amide bonds. The van der Waals surface area contributed by atoms with E-state index in [0.717, 1.165) is 5.56 Å². The Hall–Kier alpha value is -0.870. The van der Waals surface area contributed by atoms with Crippen molar-refractivity contribution in [3.8, 4) is 0 Å². The van der Waals surface area contributed by atoms with Gasteiger partial charge in [-0.05, 0) is 5.56 Å². The van der Waals surface area contributed by atoms with Gasteiger partial charge in [-0.2, -0.15) is 0 Å². The number of aliphatic hydroxyl groups is 1. The number of carbonyl (C=O) groups is 1. The maximum Gasteiger partial charge on any atom is 0.293 e. The fourth-order valence-electron chi connectivity index (χ4n) is 1.17. The predicted octanol–water partition coefficient (Wildman–Crippen LogP) is 1.66. The van der Waals surface area contributed by atoms with Crippen molar-refractivity contribution < 1.29 is 14.6 Å². The summed E-state index contributed by atoms with van der Waals surface area (Å²) >= 11 is 3.25. The van der Waals surface area contributed by atoms with Crippen LogP contribution >= 0.6 is 15.9 Å². The molecule has 0 aliphatic heterocycles. The molecule has 0 bridgehead atoms. The van der Waals surface area contributed by atoms with Gasteiger partial charge in [0.25, 0.3) is 6.47 Å². The third kappa shape index (κ3) is 2.82. The summed E-state index contributed by atoms with van der Waals surface area (Å²) in [6, 6.07) is 9.28. The summed E-state index contributed by atoms with van der Waals surface area (Å²) in [6.07, 6.45) is -0.446. The molecule has 4 heteroatoms. The van der Waals surface area contributed by atoms with Crippen LogP contribution in [-0.2, 0) is 9.53 Å². The van der Waals surface area contributed by atoms with Crippen LogP contribution in [0.2, 0.25) is 0 Å². The number of rotatable bonds is 5. The molecule has 0 aliphatic carbocycles. The van der Waals surface area contributed by atoms with Gasteiger partial charge in [-0.3, -0.25) is 4.79 Å². The Labute approximate surface area is 90.8 Å². The average Bonchev–Trinajstić information content (AvgIpc) is 2.26. The van der Waals surface area contributed by atoms with Gasteiger partial charge in [0, 0.05) is 0 Å². The highest BCUT2D eigenvalue weighted by Crippen LogP contribution is 2.25. The first-order chi connectivity index (χ1) is 6.79. The first kappa shape index (κ1) is 11.2. The summed E-state index contributed by atoms with van der Waals surface area (Å²) in [4.78, 5) is 10.0. The van der Waals surface area contributed by atoms with Gasteiger partial charge in [0.1, 0.15) is 6.10 Å². The van der Waals surface area contributed by atoms with E-state index < -0.39 is 6.10 Å². The van der Waals surface area contributed by atoms with Crippen LogP contribution in [0.3, 0.4) is 0 Å². The molecule has 0 unspecified atom stereocenters. The van der Waals surface area contributed by atoms with Crippen LogP contribution in [0.1, 0.15) is 11.7 Å². The Kier molecular flexibility index (Phi) is 4.62. The first-order valence-electron chi connectivity index (χ1n) is 4.18. The van der Waals surface area contributed by atoms with E-state index in [-0.39, 0.29) is 11.4 Å². The van der Waals surface area contributed by atoms with Crippen LogP contribution in [0.4, 0.5) is 0 Å². The van der Waals surface area contributed by atoms with Crippen molar-refractivity contribution in [2.45, 2.75) is 10.9 Å². The summed E-state index contributed by atoms with van der Waals surface area (Å²) in [7, 11) is 0. The lowest BCUT2D eigenvalue weighted by Crippen LogP contribution is -2.18. The molecule has 1 N–H and O–H groups in total. The van der Waals surface area contributed by atoms with Gasteiger partial charge in [-0.15, -0.1) is 0 Å². The third-order valence-corrected chi connectivity index (χ3v) is 2.60. The highest BCUT2D eigenvalue weighted by Gasteiger charge is 2.20. The van der Waals surface area contributed by atoms with Crippen molar-refractivity contribution in [2.24, 2.45) is 0 Å². The van der Waals surface area contributed by atoms with Crippen molar-refractivity contribution >= 4 is 22.4 Å². The van der Waals surface area contributed by atoms with Crippen molar-refractivity contribution in [3.05, 3.63) is 35.9 Å². The lowest BCUT2D eigenvalue weighted by atomic mass is 10.1. The smallest absolute Gasteiger partial charge is 0.293 e. The Bertz CT molecular complexity index is 276. The Balaban J connectivity index is 2.82. The van der Waals surface area contributed by atoms with E-state index in [0.29, 0.717) is 6.47 Å². The van der Waals surface area contributed by atoms with Crippen molar-refractivity contribution in [1.29, 1.82) is 0 Å². The van der Waals surface area contributed by atoms with Crippen LogP contribution < -0.4 is 0 Å². The van der Waals surface area contributed by atoms with Crippen molar-refractivity contribution in [1.82, 2.24) is 0 Å². The quantitative estimate of drug-likeness (QED) is 0.646. The van der Waals surface area contributed by atoms with Gasteiger partial charge in [0.05, 0.1) is 11.4 Å². The molecule has 0 heterocycles. The molecule has 14 heavy (non-hydrogen) atoms. The molecule has 0 spiro atoms. The molecule has 2 atom stereocenters. The number of carbonyl (C=O) groups excluding carboxylic acids is 1. The number of hydrogen-bond donors (Lipinski definition) is 1. The molecule has 0 fully saturated rings. The minimum atomic E-state index is -0.446. The van der Waals surface area contributed by atoms with E-state index >= 15 is 0 Å². The van der Waals surface area contributed by atoms with Crippen LogP contribution in [0.15, 0.2) is 30.3 Å². The number of aliphatic hydroxyl groups excluding tert-OH is 1. The van der Waals surface area contributed by atoms with Crippen LogP contribution in [0, 0.1) is 0 Å². The summed E-state index contributed by atoms with van der Waals surface area (Å²) in [5, 5.41) is 8.95. The van der Waals surface area contributed by atoms with E-state index in [1.54, 1.807) is 0 Å². The molecule has 0 aliphatic rings. The Morgan fingerprint density at radius 1 is 1.43 bits per heavy atom. The first-order valence-corrected chi connectivity index (χ1v) is 5.10. The predicted molar refractivity (Wildman–Crippen MR) is 56.1 cm³/mol. The maximum absolute atomic E-state index is 10.3. The lowest BCUT2D eigenvalue weighted by Gasteiger charge is -2.19. The van der Waals surface area contributed by atoms with E-state index in [9.17, 15) is 4.79 Å².